The van der Waals surface area contributed by atoms with Crippen molar-refractivity contribution in [2.45, 2.75) is 6.92 Å². The lowest BCUT2D eigenvalue weighted by atomic mass is 10.8. The molecule has 0 aliphatic rings. The molecule has 0 saturated carbocycles. The van der Waals surface area contributed by atoms with E-state index in [1.54, 1.807) is 34.8 Å². The summed E-state index contributed by atoms with van der Waals surface area (Å²) in [5.41, 5.74) is 0. The average Bonchev–Trinajstić information content (AvgIpc) is 2.32. The first-order valence-electron chi connectivity index (χ1n) is 3.52. The normalized spacial score (nSPS) is 9.50. The predicted octanol–water partition coefficient (Wildman–Crippen LogP) is 0.338. The van der Waals surface area contributed by atoms with Gasteiger partial charge in [-0.1, -0.05) is 6.58 Å². The Morgan fingerprint density at radius 3 is 3.00 bits per heavy atom. The zero-order chi connectivity index (χ0) is 9.14. The molecule has 0 aliphatic carbocycles. The maximum Gasteiger partial charge on any atom is 0.468 e. The minimum absolute atomic E-state index is 0.340. The number of nitrogens with zero attached hydrogens (tertiary/aromatic N) is 2. The van der Waals surface area contributed by atoms with E-state index in [1.165, 1.54) is 6.92 Å². The number of imidazole rings is 1. The second kappa shape index (κ2) is 3.21. The van der Waals surface area contributed by atoms with Crippen LogP contribution in [-0.2, 0) is 11.8 Å². The number of aromatic nitrogens is 2. The first kappa shape index (κ1) is 8.52. The third-order valence-corrected chi connectivity index (χ3v) is 1.41. The number of carbonyl (C=O) groups is 1. The topological polar surface area (TPSA) is 35.1 Å². The molecule has 0 fully saturated rings. The van der Waals surface area contributed by atoms with Crippen molar-refractivity contribution in [1.82, 2.24) is 4.57 Å². The quantitative estimate of drug-likeness (QED) is 0.470. The van der Waals surface area contributed by atoms with Crippen LogP contribution in [0, 0.1) is 0 Å². The largest absolute Gasteiger partial charge is 0.468 e. The van der Waals surface area contributed by atoms with Crippen molar-refractivity contribution in [3.8, 4) is 6.01 Å². The zero-order valence-corrected chi connectivity index (χ0v) is 7.15. The molecule has 4 heteroatoms. The minimum atomic E-state index is -0.340. The predicted molar refractivity (Wildman–Crippen MR) is 43.3 cm³/mol. The van der Waals surface area contributed by atoms with Crippen molar-refractivity contribution in [1.29, 1.82) is 0 Å². The molecule has 0 unspecified atom stereocenters. The third-order valence-electron chi connectivity index (χ3n) is 1.41. The van der Waals surface area contributed by atoms with Gasteiger partial charge in [-0.2, -0.15) is 9.13 Å². The number of rotatable bonds is 2. The summed E-state index contributed by atoms with van der Waals surface area (Å²) < 4.78 is 8.25. The Kier molecular flexibility index (Phi) is 2.28. The van der Waals surface area contributed by atoms with E-state index in [2.05, 4.69) is 6.58 Å². The molecular weight excluding hydrogens is 156 g/mol. The number of aryl methyl sites for hydroxylation is 1. The number of carbonyl (C=O) groups excluding carboxylic acids is 1. The lowest BCUT2D eigenvalue weighted by molar-refractivity contribution is -0.674. The standard InChI is InChI=1S/C8H11N2O2/c1-4-10-6-5-9(3)8(10)12-7(2)11/h4-6H,1H2,2-3H3/q+1. The summed E-state index contributed by atoms with van der Waals surface area (Å²) in [6.45, 7) is 4.93. The van der Waals surface area contributed by atoms with Crippen LogP contribution in [0.5, 0.6) is 6.01 Å². The molecule has 0 atom stereocenters. The molecule has 0 bridgehead atoms. The summed E-state index contributed by atoms with van der Waals surface area (Å²) >= 11 is 0. The van der Waals surface area contributed by atoms with Crippen LogP contribution >= 0.6 is 0 Å². The van der Waals surface area contributed by atoms with E-state index in [-0.39, 0.29) is 5.97 Å². The Labute approximate surface area is 70.7 Å². The minimum Gasteiger partial charge on any atom is -0.357 e. The molecule has 1 aromatic rings. The number of hydrogen-bond acceptors (Lipinski definition) is 2. The van der Waals surface area contributed by atoms with Gasteiger partial charge >= 0.3 is 12.0 Å². The van der Waals surface area contributed by atoms with Gasteiger partial charge in [0, 0.05) is 6.92 Å². The van der Waals surface area contributed by atoms with Gasteiger partial charge in [-0.05, 0) is 0 Å². The number of esters is 1. The second-order valence-corrected chi connectivity index (χ2v) is 2.38. The van der Waals surface area contributed by atoms with Gasteiger partial charge in [0.1, 0.15) is 12.4 Å². The molecule has 0 saturated heterocycles. The van der Waals surface area contributed by atoms with E-state index < -0.39 is 0 Å². The Morgan fingerprint density at radius 2 is 2.50 bits per heavy atom. The highest BCUT2D eigenvalue weighted by atomic mass is 16.5. The summed E-state index contributed by atoms with van der Waals surface area (Å²) in [6, 6.07) is 0.456. The maximum atomic E-state index is 10.6. The SMILES string of the molecule is C=Cn1cc[n+](C)c1OC(C)=O. The van der Waals surface area contributed by atoms with Gasteiger partial charge in [-0.3, -0.25) is 4.79 Å². The van der Waals surface area contributed by atoms with E-state index in [1.807, 2.05) is 0 Å². The molecular formula is C8H11N2O2+. The van der Waals surface area contributed by atoms with Crippen LogP contribution in [0.4, 0.5) is 0 Å². The van der Waals surface area contributed by atoms with Gasteiger partial charge in [-0.25, -0.2) is 0 Å². The lowest BCUT2D eigenvalue weighted by Crippen LogP contribution is -2.29. The summed E-state index contributed by atoms with van der Waals surface area (Å²) in [7, 11) is 1.79. The monoisotopic (exact) mass is 167 g/mol. The first-order valence-corrected chi connectivity index (χ1v) is 3.52. The highest BCUT2D eigenvalue weighted by molar-refractivity contribution is 5.68. The number of hydrogen-bond donors (Lipinski definition) is 0. The molecule has 0 radical (unpaired) electrons. The van der Waals surface area contributed by atoms with E-state index in [4.69, 9.17) is 4.74 Å². The Hall–Kier alpha value is -1.58. The van der Waals surface area contributed by atoms with Gasteiger partial charge in [-0.15, -0.1) is 0 Å². The Morgan fingerprint density at radius 1 is 1.83 bits per heavy atom. The Bertz CT molecular complexity index is 315. The van der Waals surface area contributed by atoms with Crippen molar-refractivity contribution in [2.75, 3.05) is 0 Å². The van der Waals surface area contributed by atoms with Gasteiger partial charge in [0.05, 0.1) is 13.2 Å². The molecule has 0 N–H and O–H groups in total. The summed E-state index contributed by atoms with van der Waals surface area (Å²) in [5, 5.41) is 0. The lowest BCUT2D eigenvalue weighted by Gasteiger charge is -1.95. The van der Waals surface area contributed by atoms with Gasteiger partial charge in [0.25, 0.3) is 0 Å². The molecule has 4 nitrogen and oxygen atoms in total. The highest BCUT2D eigenvalue weighted by Gasteiger charge is 2.15. The van der Waals surface area contributed by atoms with E-state index in [9.17, 15) is 4.79 Å². The van der Waals surface area contributed by atoms with Crippen molar-refractivity contribution in [3.05, 3.63) is 19.0 Å². The van der Waals surface area contributed by atoms with E-state index in [0.29, 0.717) is 6.01 Å². The van der Waals surface area contributed by atoms with E-state index >= 15 is 0 Å². The van der Waals surface area contributed by atoms with Crippen molar-refractivity contribution >= 4 is 12.2 Å². The van der Waals surface area contributed by atoms with Crippen LogP contribution in [0.15, 0.2) is 19.0 Å². The molecule has 0 aromatic carbocycles. The Balaban J connectivity index is 3.01. The van der Waals surface area contributed by atoms with Crippen LogP contribution in [0.25, 0.3) is 6.20 Å². The molecule has 0 spiro atoms. The summed E-state index contributed by atoms with van der Waals surface area (Å²) in [4.78, 5) is 10.6. The smallest absolute Gasteiger partial charge is 0.357 e. The van der Waals surface area contributed by atoms with Crippen LogP contribution < -0.4 is 9.30 Å². The number of ether oxygens (including phenoxy) is 1. The molecule has 1 aromatic heterocycles. The van der Waals surface area contributed by atoms with Crippen molar-refractivity contribution in [3.63, 3.8) is 0 Å². The fourth-order valence-electron chi connectivity index (χ4n) is 0.874. The summed E-state index contributed by atoms with van der Waals surface area (Å²) in [5.74, 6) is -0.340. The van der Waals surface area contributed by atoms with Crippen LogP contribution in [-0.4, -0.2) is 10.5 Å². The van der Waals surface area contributed by atoms with E-state index in [0.717, 1.165) is 0 Å². The summed E-state index contributed by atoms with van der Waals surface area (Å²) in [6.07, 6.45) is 5.10. The van der Waals surface area contributed by atoms with Crippen molar-refractivity contribution in [2.24, 2.45) is 7.05 Å². The molecule has 0 aliphatic heterocycles. The average molecular weight is 167 g/mol. The van der Waals surface area contributed by atoms with Crippen LogP contribution in [0.1, 0.15) is 6.92 Å². The maximum absolute atomic E-state index is 10.6. The third kappa shape index (κ3) is 1.53. The molecule has 1 rings (SSSR count). The fraction of sp³-hybridized carbons (Fsp3) is 0.250. The highest BCUT2D eigenvalue weighted by Crippen LogP contribution is 2.04. The first-order chi connectivity index (χ1) is 5.65. The van der Waals surface area contributed by atoms with Gasteiger partial charge < -0.3 is 4.74 Å². The van der Waals surface area contributed by atoms with Crippen LogP contribution in [0.2, 0.25) is 0 Å². The molecule has 1 heterocycles. The second-order valence-electron chi connectivity index (χ2n) is 2.38. The molecule has 0 amide bonds. The zero-order valence-electron chi connectivity index (χ0n) is 7.15. The van der Waals surface area contributed by atoms with Gasteiger partial charge in [0.2, 0.25) is 0 Å². The molecule has 12 heavy (non-hydrogen) atoms. The van der Waals surface area contributed by atoms with Crippen molar-refractivity contribution < 1.29 is 14.1 Å². The van der Waals surface area contributed by atoms with Crippen LogP contribution in [0.3, 0.4) is 0 Å². The fourth-order valence-corrected chi connectivity index (χ4v) is 0.874. The molecule has 64 valence electrons. The van der Waals surface area contributed by atoms with Gasteiger partial charge in [0.15, 0.2) is 0 Å².